The van der Waals surface area contributed by atoms with Crippen LogP contribution in [0, 0.1) is 5.92 Å². The molecule has 0 aliphatic heterocycles. The molecule has 0 atom stereocenters. The number of aromatic amines is 2. The minimum atomic E-state index is 0.628. The van der Waals surface area contributed by atoms with Gasteiger partial charge in [0.25, 0.3) is 0 Å². The second kappa shape index (κ2) is 11.7. The van der Waals surface area contributed by atoms with Crippen molar-refractivity contribution in [2.24, 2.45) is 5.92 Å². The summed E-state index contributed by atoms with van der Waals surface area (Å²) in [5.41, 5.74) is 7.89. The van der Waals surface area contributed by atoms with Gasteiger partial charge in [0.15, 0.2) is 5.82 Å². The third-order valence-electron chi connectivity index (χ3n) is 7.71. The van der Waals surface area contributed by atoms with Gasteiger partial charge in [0.1, 0.15) is 16.9 Å². The second-order valence-electron chi connectivity index (χ2n) is 10.7. The Balaban J connectivity index is 1.21. The maximum absolute atomic E-state index is 4.81. The molecular formula is C33H34N8. The standard InChI is InChI=1S/C33H34N8/c1-21(25-18-26(20-34-19-25)37-22(2)17-24-9-5-4-6-10-24)12-13-27-23(3)30(41-40-27)33-38-29-14-16-36-31(32(29)39-33)28-11-7-8-15-35-28/h7-8,11-16,18-20,24,37,40H,2-6,9-10,17H2,1H3,(H,38,39)/b21-12+,27-13+. The molecule has 206 valence electrons. The molecule has 6 rings (SSSR count). The van der Waals surface area contributed by atoms with Gasteiger partial charge in [-0.05, 0) is 60.7 Å². The largest absolute Gasteiger partial charge is 0.358 e. The summed E-state index contributed by atoms with van der Waals surface area (Å²) < 4.78 is 0. The Morgan fingerprint density at radius 2 is 1.95 bits per heavy atom. The summed E-state index contributed by atoms with van der Waals surface area (Å²) in [6.45, 7) is 10.6. The SMILES string of the molecule is C=C(CC1CCCCC1)Nc1cncc(/C(C)=C/C=c2/[nH]nc(-c3nc4c(-c5ccccn5)nccc4[nH]3)c2=C)c1. The molecule has 0 spiro atoms. The number of fused-ring (bicyclic) bond motifs is 1. The first kappa shape index (κ1) is 26.4. The van der Waals surface area contributed by atoms with Crippen molar-refractivity contribution in [1.82, 2.24) is 35.1 Å². The van der Waals surface area contributed by atoms with E-state index < -0.39 is 0 Å². The van der Waals surface area contributed by atoms with Crippen LogP contribution in [0.3, 0.4) is 0 Å². The summed E-state index contributed by atoms with van der Waals surface area (Å²) in [6.07, 6.45) is 18.9. The summed E-state index contributed by atoms with van der Waals surface area (Å²) in [5.74, 6) is 1.37. The lowest BCUT2D eigenvalue weighted by molar-refractivity contribution is 0.357. The van der Waals surface area contributed by atoms with Gasteiger partial charge < -0.3 is 10.3 Å². The Hall–Kier alpha value is -4.85. The van der Waals surface area contributed by atoms with Crippen LogP contribution in [0.4, 0.5) is 5.69 Å². The molecule has 5 heterocycles. The highest BCUT2D eigenvalue weighted by atomic mass is 15.1. The number of pyridine rings is 3. The predicted molar refractivity (Wildman–Crippen MR) is 166 cm³/mol. The quantitative estimate of drug-likeness (QED) is 0.222. The summed E-state index contributed by atoms with van der Waals surface area (Å²) in [4.78, 5) is 21.6. The van der Waals surface area contributed by atoms with Crippen molar-refractivity contribution in [1.29, 1.82) is 0 Å². The third kappa shape index (κ3) is 5.87. The van der Waals surface area contributed by atoms with E-state index in [1.807, 2.05) is 48.8 Å². The monoisotopic (exact) mass is 542 g/mol. The van der Waals surface area contributed by atoms with E-state index in [0.717, 1.165) is 67.8 Å². The van der Waals surface area contributed by atoms with Crippen LogP contribution >= 0.6 is 0 Å². The first-order chi connectivity index (χ1) is 20.0. The molecule has 5 aromatic rings. The van der Waals surface area contributed by atoms with Crippen LogP contribution in [0.2, 0.25) is 0 Å². The number of anilines is 1. The van der Waals surface area contributed by atoms with Crippen LogP contribution in [0.25, 0.3) is 52.2 Å². The van der Waals surface area contributed by atoms with Crippen LogP contribution in [0.1, 0.15) is 51.0 Å². The van der Waals surface area contributed by atoms with E-state index in [4.69, 9.17) is 4.98 Å². The van der Waals surface area contributed by atoms with Crippen molar-refractivity contribution >= 4 is 34.9 Å². The lowest BCUT2D eigenvalue weighted by Crippen LogP contribution is -2.21. The smallest absolute Gasteiger partial charge is 0.159 e. The van der Waals surface area contributed by atoms with Crippen molar-refractivity contribution < 1.29 is 0 Å². The number of allylic oxidation sites excluding steroid dienone is 3. The van der Waals surface area contributed by atoms with Gasteiger partial charge in [0.05, 0.1) is 28.4 Å². The zero-order valence-electron chi connectivity index (χ0n) is 23.3. The molecule has 0 bridgehead atoms. The highest BCUT2D eigenvalue weighted by Crippen LogP contribution is 2.29. The molecule has 5 aromatic heterocycles. The van der Waals surface area contributed by atoms with Crippen molar-refractivity contribution in [3.8, 4) is 22.9 Å². The number of hydrogen-bond donors (Lipinski definition) is 3. The van der Waals surface area contributed by atoms with Crippen LogP contribution in [0.5, 0.6) is 0 Å². The number of aromatic nitrogens is 7. The normalized spacial score (nSPS) is 15.0. The molecule has 0 saturated heterocycles. The summed E-state index contributed by atoms with van der Waals surface area (Å²) >= 11 is 0. The molecule has 41 heavy (non-hydrogen) atoms. The minimum Gasteiger partial charge on any atom is -0.358 e. The zero-order chi connectivity index (χ0) is 28.2. The summed E-state index contributed by atoms with van der Waals surface area (Å²) in [6, 6.07) is 9.76. The lowest BCUT2D eigenvalue weighted by Gasteiger charge is -2.22. The van der Waals surface area contributed by atoms with Crippen molar-refractivity contribution in [3.63, 3.8) is 0 Å². The maximum atomic E-state index is 4.81. The third-order valence-corrected chi connectivity index (χ3v) is 7.71. The Labute approximate surface area is 239 Å². The Morgan fingerprint density at radius 1 is 1.07 bits per heavy atom. The predicted octanol–water partition coefficient (Wildman–Crippen LogP) is 6.00. The molecule has 1 aliphatic rings. The fraction of sp³-hybridized carbons (Fsp3) is 0.242. The minimum absolute atomic E-state index is 0.628. The molecule has 0 radical (unpaired) electrons. The molecule has 8 heteroatoms. The lowest BCUT2D eigenvalue weighted by atomic mass is 9.86. The molecule has 0 aromatic carbocycles. The van der Waals surface area contributed by atoms with Gasteiger partial charge in [-0.2, -0.15) is 5.10 Å². The molecule has 1 aliphatic carbocycles. The maximum Gasteiger partial charge on any atom is 0.159 e. The van der Waals surface area contributed by atoms with Crippen LogP contribution in [-0.4, -0.2) is 35.1 Å². The second-order valence-corrected chi connectivity index (χ2v) is 10.7. The molecular weight excluding hydrogens is 508 g/mol. The number of nitrogens with one attached hydrogen (secondary N) is 3. The van der Waals surface area contributed by atoms with E-state index >= 15 is 0 Å². The van der Waals surface area contributed by atoms with Gasteiger partial charge in [-0.1, -0.05) is 57.4 Å². The number of H-pyrrole nitrogens is 2. The number of imidazole rings is 1. The van der Waals surface area contributed by atoms with Gasteiger partial charge >= 0.3 is 0 Å². The van der Waals surface area contributed by atoms with Gasteiger partial charge in [0.2, 0.25) is 0 Å². The van der Waals surface area contributed by atoms with Gasteiger partial charge in [0, 0.05) is 29.5 Å². The number of rotatable bonds is 8. The van der Waals surface area contributed by atoms with Crippen molar-refractivity contribution in [3.05, 3.63) is 89.6 Å². The van der Waals surface area contributed by atoms with E-state index in [9.17, 15) is 0 Å². The van der Waals surface area contributed by atoms with Crippen LogP contribution in [-0.2, 0) is 0 Å². The molecule has 3 N–H and O–H groups in total. The molecule has 0 unspecified atom stereocenters. The molecule has 0 amide bonds. The van der Waals surface area contributed by atoms with E-state index in [-0.39, 0.29) is 0 Å². The molecule has 1 saturated carbocycles. The molecule has 8 nitrogen and oxygen atoms in total. The van der Waals surface area contributed by atoms with E-state index in [1.165, 1.54) is 32.1 Å². The first-order valence-electron chi connectivity index (χ1n) is 14.1. The topological polar surface area (TPSA) is 108 Å². The highest BCUT2D eigenvalue weighted by molar-refractivity contribution is 5.90. The first-order valence-corrected chi connectivity index (χ1v) is 14.1. The fourth-order valence-electron chi connectivity index (χ4n) is 5.47. The van der Waals surface area contributed by atoms with Gasteiger partial charge in [-0.3, -0.25) is 20.1 Å². The average molecular weight is 543 g/mol. The Kier molecular flexibility index (Phi) is 7.54. The highest BCUT2D eigenvalue weighted by Gasteiger charge is 2.16. The van der Waals surface area contributed by atoms with Crippen LogP contribution < -0.4 is 15.9 Å². The summed E-state index contributed by atoms with van der Waals surface area (Å²) in [5, 5.41) is 12.7. The zero-order valence-corrected chi connectivity index (χ0v) is 23.3. The van der Waals surface area contributed by atoms with E-state index in [2.05, 4.69) is 61.6 Å². The number of nitrogens with zero attached hydrogens (tertiary/aromatic N) is 5. The average Bonchev–Trinajstić information content (AvgIpc) is 3.60. The number of hydrogen-bond acceptors (Lipinski definition) is 6. The van der Waals surface area contributed by atoms with Crippen LogP contribution in [0.15, 0.2) is 73.5 Å². The van der Waals surface area contributed by atoms with Crippen molar-refractivity contribution in [2.45, 2.75) is 45.4 Å². The van der Waals surface area contributed by atoms with E-state index in [0.29, 0.717) is 11.5 Å². The summed E-state index contributed by atoms with van der Waals surface area (Å²) in [7, 11) is 0. The fourth-order valence-corrected chi connectivity index (χ4v) is 5.47. The Morgan fingerprint density at radius 3 is 2.78 bits per heavy atom. The molecule has 1 fully saturated rings. The Bertz CT molecular complexity index is 1820. The van der Waals surface area contributed by atoms with Crippen molar-refractivity contribution in [2.75, 3.05) is 5.32 Å². The van der Waals surface area contributed by atoms with E-state index in [1.54, 1.807) is 12.4 Å². The van der Waals surface area contributed by atoms with Gasteiger partial charge in [-0.15, -0.1) is 0 Å². The van der Waals surface area contributed by atoms with Gasteiger partial charge in [-0.25, -0.2) is 4.98 Å².